The topological polar surface area (TPSA) is 102 Å². The zero-order valence-corrected chi connectivity index (χ0v) is 25.5. The number of hydrogen-bond donors (Lipinski definition) is 2. The van der Waals surface area contributed by atoms with Gasteiger partial charge in [0.25, 0.3) is 0 Å². The summed E-state index contributed by atoms with van der Waals surface area (Å²) >= 11 is 0. The first-order valence-corrected chi connectivity index (χ1v) is 15.7. The number of nitrogens with one attached hydrogen (secondary N) is 1. The molecule has 0 radical (unpaired) electrons. The van der Waals surface area contributed by atoms with E-state index in [2.05, 4.69) is 24.4 Å². The second-order valence-corrected chi connectivity index (χ2v) is 13.1. The molecule has 226 valence electrons. The number of carboxylic acids is 1. The number of anilines is 1. The second-order valence-electron chi connectivity index (χ2n) is 13.1. The Bertz CT molecular complexity index is 1540. The van der Waals surface area contributed by atoms with E-state index in [1.54, 1.807) is 11.6 Å². The Morgan fingerprint density at radius 2 is 2.07 bits per heavy atom. The van der Waals surface area contributed by atoms with Crippen molar-refractivity contribution in [2.45, 2.75) is 102 Å². The Labute approximate surface area is 247 Å². The molecule has 0 unspecified atom stereocenters. The van der Waals surface area contributed by atoms with Crippen LogP contribution in [0.2, 0.25) is 0 Å². The fourth-order valence-electron chi connectivity index (χ4n) is 7.15. The first kappa shape index (κ1) is 28.9. The van der Waals surface area contributed by atoms with Crippen molar-refractivity contribution in [2.24, 2.45) is 7.05 Å². The summed E-state index contributed by atoms with van der Waals surface area (Å²) < 4.78 is 9.81. The summed E-state index contributed by atoms with van der Waals surface area (Å²) in [6, 6.07) is 7.60. The first-order valence-electron chi connectivity index (χ1n) is 15.7. The molecule has 9 heteroatoms. The maximum Gasteiger partial charge on any atom is 0.329 e. The zero-order chi connectivity index (χ0) is 29.6. The van der Waals surface area contributed by atoms with Crippen molar-refractivity contribution in [1.29, 1.82) is 0 Å². The lowest BCUT2D eigenvalue weighted by molar-refractivity contribution is -0.144. The van der Waals surface area contributed by atoms with Gasteiger partial charge in [0.15, 0.2) is 0 Å². The number of aliphatic carboxylic acids is 1. The Balaban J connectivity index is 1.08. The molecule has 0 bridgehead atoms. The first-order chi connectivity index (χ1) is 20.2. The van der Waals surface area contributed by atoms with Crippen LogP contribution in [0.3, 0.4) is 0 Å². The highest BCUT2D eigenvalue weighted by Crippen LogP contribution is 2.44. The van der Waals surface area contributed by atoms with Crippen LogP contribution < -0.4 is 11.0 Å². The molecule has 3 atom stereocenters. The van der Waals surface area contributed by atoms with Crippen LogP contribution in [0.4, 0.5) is 5.82 Å². The summed E-state index contributed by atoms with van der Waals surface area (Å²) in [6.45, 7) is 5.80. The molecule has 3 heterocycles. The van der Waals surface area contributed by atoms with Gasteiger partial charge >= 0.3 is 11.7 Å². The summed E-state index contributed by atoms with van der Waals surface area (Å²) in [5.41, 5.74) is 5.43. The zero-order valence-electron chi connectivity index (χ0n) is 25.5. The molecular weight excluding hydrogens is 530 g/mol. The second kappa shape index (κ2) is 11.5. The fraction of sp³-hybridized carbons (Fsp3) is 0.606. The number of imidazole rings is 1. The van der Waals surface area contributed by atoms with E-state index in [1.807, 2.05) is 35.6 Å². The average molecular weight is 576 g/mol. The van der Waals surface area contributed by atoms with Crippen LogP contribution >= 0.6 is 0 Å². The normalized spacial score (nSPS) is 21.8. The van der Waals surface area contributed by atoms with Crippen molar-refractivity contribution in [3.05, 3.63) is 57.1 Å². The number of fused-ring (bicyclic) bond motifs is 2. The summed E-state index contributed by atoms with van der Waals surface area (Å²) in [6.07, 6.45) is 9.92. The van der Waals surface area contributed by atoms with Gasteiger partial charge < -0.3 is 15.2 Å². The minimum atomic E-state index is -0.891. The number of ether oxygens (including phenoxy) is 1. The number of benzene rings is 1. The van der Waals surface area contributed by atoms with Gasteiger partial charge in [0.1, 0.15) is 11.9 Å². The summed E-state index contributed by atoms with van der Waals surface area (Å²) in [4.78, 5) is 32.9. The molecule has 0 saturated heterocycles. The van der Waals surface area contributed by atoms with Gasteiger partial charge in [0, 0.05) is 43.0 Å². The molecule has 2 aliphatic carbocycles. The van der Waals surface area contributed by atoms with Crippen LogP contribution in [0.15, 0.2) is 29.1 Å². The molecule has 6 rings (SSSR count). The Morgan fingerprint density at radius 3 is 2.83 bits per heavy atom. The highest BCUT2D eigenvalue weighted by Gasteiger charge is 2.43. The number of unbranched alkanes of at least 4 members (excludes halogenated alkanes) is 1. The molecule has 2 saturated carbocycles. The molecule has 0 spiro atoms. The molecule has 9 nitrogen and oxygen atoms in total. The van der Waals surface area contributed by atoms with E-state index in [-0.39, 0.29) is 23.4 Å². The van der Waals surface area contributed by atoms with Gasteiger partial charge in [0.05, 0.1) is 17.1 Å². The Hall–Kier alpha value is -3.17. The van der Waals surface area contributed by atoms with Gasteiger partial charge in [0.2, 0.25) is 0 Å². The molecule has 3 aromatic rings. The number of rotatable bonds is 11. The molecule has 1 aliphatic heterocycles. The van der Waals surface area contributed by atoms with Crippen LogP contribution in [0, 0.1) is 6.92 Å². The van der Waals surface area contributed by atoms with Crippen molar-refractivity contribution in [3.63, 3.8) is 0 Å². The number of pyridine rings is 1. The number of nitrogens with zero attached hydrogens (tertiary/aromatic N) is 4. The number of carboxylic acid groups (broad SMARTS) is 1. The van der Waals surface area contributed by atoms with E-state index in [4.69, 9.17) is 9.72 Å². The predicted octanol–water partition coefficient (Wildman–Crippen LogP) is 4.93. The van der Waals surface area contributed by atoms with E-state index >= 15 is 0 Å². The van der Waals surface area contributed by atoms with Crippen LogP contribution in [0.1, 0.15) is 86.7 Å². The summed E-state index contributed by atoms with van der Waals surface area (Å²) in [5, 5.41) is 13.9. The van der Waals surface area contributed by atoms with E-state index in [9.17, 15) is 14.7 Å². The van der Waals surface area contributed by atoms with E-state index in [1.165, 1.54) is 12.0 Å². The lowest BCUT2D eigenvalue weighted by Crippen LogP contribution is -2.38. The fourth-order valence-corrected chi connectivity index (χ4v) is 7.15. The Morgan fingerprint density at radius 1 is 1.26 bits per heavy atom. The van der Waals surface area contributed by atoms with E-state index in [0.717, 1.165) is 92.4 Å². The molecule has 0 amide bonds. The third kappa shape index (κ3) is 5.49. The van der Waals surface area contributed by atoms with Crippen molar-refractivity contribution >= 4 is 22.8 Å². The largest absolute Gasteiger partial charge is 0.480 e. The van der Waals surface area contributed by atoms with E-state index in [0.29, 0.717) is 12.2 Å². The minimum absolute atomic E-state index is 0.0722. The molecule has 3 aliphatic rings. The molecule has 2 fully saturated rings. The summed E-state index contributed by atoms with van der Waals surface area (Å²) in [7, 11) is 3.68. The average Bonchev–Trinajstić information content (AvgIpc) is 3.41. The quantitative estimate of drug-likeness (QED) is 0.313. The molecule has 2 N–H and O–H groups in total. The molecule has 42 heavy (non-hydrogen) atoms. The van der Waals surface area contributed by atoms with Crippen molar-refractivity contribution in [2.75, 3.05) is 25.5 Å². The summed E-state index contributed by atoms with van der Waals surface area (Å²) in [5.74, 6) is 0.164. The predicted molar refractivity (Wildman–Crippen MR) is 164 cm³/mol. The number of aryl methyl sites for hydroxylation is 4. The van der Waals surface area contributed by atoms with Crippen LogP contribution in [0.5, 0.6) is 0 Å². The lowest BCUT2D eigenvalue weighted by atomic mass is 9.99. The standard InChI is InChI=1S/C33H45N5O4/c1-21-18-26(28-27(19-21)38(32(41)37(28)4)33(2)14-15-33)29(31(39)40)36(3)24-12-13-25(20-24)42-17-6-5-9-23-11-10-22-8-7-16-34-30(22)35-23/h10-11,18-19,24-25,29H,5-9,12-17,20H2,1-4H3,(H,34,35)(H,39,40)/t24-,25-,29-/m0/s1. The smallest absolute Gasteiger partial charge is 0.329 e. The SMILES string of the molecule is Cc1cc([C@@H](C(=O)O)N(C)[C@H]2CC[C@H](OCCCCc3ccc4c(n3)NCCC4)C2)c2c(c1)n(C1(C)CC1)c(=O)n2C. The maximum atomic E-state index is 13.3. The van der Waals surface area contributed by atoms with Crippen LogP contribution in [-0.2, 0) is 35.0 Å². The molecular formula is C33H45N5O4. The van der Waals surface area contributed by atoms with Gasteiger partial charge in [-0.1, -0.05) is 12.1 Å². The minimum Gasteiger partial charge on any atom is -0.480 e. The highest BCUT2D eigenvalue weighted by atomic mass is 16.5. The number of carbonyl (C=O) groups is 1. The van der Waals surface area contributed by atoms with Gasteiger partial charge in [-0.05, 0) is 108 Å². The monoisotopic (exact) mass is 575 g/mol. The number of hydrogen-bond acceptors (Lipinski definition) is 6. The third-order valence-corrected chi connectivity index (χ3v) is 9.83. The van der Waals surface area contributed by atoms with Gasteiger partial charge in [-0.2, -0.15) is 0 Å². The van der Waals surface area contributed by atoms with E-state index < -0.39 is 12.0 Å². The van der Waals surface area contributed by atoms with Gasteiger partial charge in [-0.25, -0.2) is 9.78 Å². The highest BCUT2D eigenvalue weighted by molar-refractivity contribution is 5.87. The van der Waals surface area contributed by atoms with Gasteiger partial charge in [-0.3, -0.25) is 18.8 Å². The van der Waals surface area contributed by atoms with Crippen molar-refractivity contribution < 1.29 is 14.6 Å². The van der Waals surface area contributed by atoms with Gasteiger partial charge in [-0.15, -0.1) is 0 Å². The maximum absolute atomic E-state index is 13.3. The van der Waals surface area contributed by atoms with Crippen molar-refractivity contribution in [1.82, 2.24) is 19.0 Å². The number of aromatic nitrogens is 3. The third-order valence-electron chi connectivity index (χ3n) is 9.83. The van der Waals surface area contributed by atoms with Crippen LogP contribution in [0.25, 0.3) is 11.0 Å². The number of likely N-dealkylation sites (N-methyl/N-ethyl adjacent to an activating group) is 1. The lowest BCUT2D eigenvalue weighted by Gasteiger charge is -2.31. The molecule has 2 aromatic heterocycles. The molecule has 1 aromatic carbocycles. The van der Waals surface area contributed by atoms with Crippen molar-refractivity contribution in [3.8, 4) is 0 Å². The van der Waals surface area contributed by atoms with Crippen LogP contribution in [-0.4, -0.2) is 62.4 Å². The Kier molecular flexibility index (Phi) is 7.91.